The van der Waals surface area contributed by atoms with Crippen molar-refractivity contribution in [3.05, 3.63) is 6.42 Å². The summed E-state index contributed by atoms with van der Waals surface area (Å²) in [6, 6.07) is 0. The van der Waals surface area contributed by atoms with Crippen molar-refractivity contribution >= 4 is 0 Å². The van der Waals surface area contributed by atoms with Crippen molar-refractivity contribution in [2.75, 3.05) is 0 Å². The summed E-state index contributed by atoms with van der Waals surface area (Å²) in [6.45, 7) is 6.79. The molecule has 0 amide bonds. The minimum atomic E-state index is 0.924. The molecule has 0 heterocycles. The molecule has 9 heavy (non-hydrogen) atoms. The van der Waals surface area contributed by atoms with Crippen molar-refractivity contribution in [1.29, 1.82) is 0 Å². The number of hydrogen-bond acceptors (Lipinski definition) is 0. The first-order valence-electron chi connectivity index (χ1n) is 4.12. The van der Waals surface area contributed by atoms with Gasteiger partial charge in [-0.15, -0.1) is 0 Å². The molecule has 0 aliphatic heterocycles. The number of unbranched alkanes of at least 4 members (excludes halogenated alkanes) is 2. The topological polar surface area (TPSA) is 0 Å². The fourth-order valence-electron chi connectivity index (χ4n) is 0.811. The van der Waals surface area contributed by atoms with Gasteiger partial charge in [-0.2, -0.15) is 0 Å². The Labute approximate surface area is 59.7 Å². The molecule has 0 N–H and O–H groups in total. The average Bonchev–Trinajstić information content (AvgIpc) is 1.89. The van der Waals surface area contributed by atoms with Gasteiger partial charge in [0.2, 0.25) is 0 Å². The van der Waals surface area contributed by atoms with Crippen molar-refractivity contribution in [1.82, 2.24) is 0 Å². The van der Waals surface area contributed by atoms with Crippen LogP contribution in [0.4, 0.5) is 0 Å². The van der Waals surface area contributed by atoms with Gasteiger partial charge in [0, 0.05) is 0 Å². The summed E-state index contributed by atoms with van der Waals surface area (Å²) in [4.78, 5) is 0. The predicted molar refractivity (Wildman–Crippen MR) is 43.3 cm³/mol. The van der Waals surface area contributed by atoms with E-state index in [2.05, 4.69) is 27.2 Å². The first-order chi connectivity index (χ1) is 4.31. The van der Waals surface area contributed by atoms with Crippen LogP contribution in [-0.4, -0.2) is 0 Å². The van der Waals surface area contributed by atoms with Crippen LogP contribution in [0.25, 0.3) is 0 Å². The Morgan fingerprint density at radius 1 is 1.33 bits per heavy atom. The molecule has 0 rings (SSSR count). The molecule has 0 saturated heterocycles. The lowest BCUT2D eigenvalue weighted by atomic mass is 10.0. The van der Waals surface area contributed by atoms with Crippen LogP contribution in [0, 0.1) is 12.3 Å². The third kappa shape index (κ3) is 5.88. The zero-order valence-corrected chi connectivity index (χ0v) is 6.98. The Hall–Kier alpha value is 0. The molecule has 55 valence electrons. The van der Waals surface area contributed by atoms with Crippen LogP contribution in [0.15, 0.2) is 0 Å². The minimum absolute atomic E-state index is 0.924. The molecule has 0 aromatic carbocycles. The lowest BCUT2D eigenvalue weighted by Gasteiger charge is -2.05. The summed E-state index contributed by atoms with van der Waals surface area (Å²) >= 11 is 0. The molecule has 0 aromatic heterocycles. The van der Waals surface area contributed by atoms with E-state index in [0.717, 1.165) is 5.92 Å². The molecule has 0 saturated carbocycles. The van der Waals surface area contributed by atoms with Crippen LogP contribution in [0.2, 0.25) is 0 Å². The molecule has 0 nitrogen and oxygen atoms in total. The van der Waals surface area contributed by atoms with Crippen LogP contribution >= 0.6 is 0 Å². The highest BCUT2D eigenvalue weighted by atomic mass is 14.0. The molecule has 1 atom stereocenters. The van der Waals surface area contributed by atoms with E-state index < -0.39 is 0 Å². The SMILES string of the molecule is CC[CH]CCC(C)CC. The highest BCUT2D eigenvalue weighted by Crippen LogP contribution is 2.10. The molecule has 1 radical (unpaired) electrons. The van der Waals surface area contributed by atoms with Crippen molar-refractivity contribution in [2.24, 2.45) is 5.92 Å². The first-order valence-corrected chi connectivity index (χ1v) is 4.12. The fraction of sp³-hybridized carbons (Fsp3) is 0.889. The van der Waals surface area contributed by atoms with Crippen molar-refractivity contribution < 1.29 is 0 Å². The lowest BCUT2D eigenvalue weighted by molar-refractivity contribution is 0.511. The molecule has 0 aliphatic carbocycles. The monoisotopic (exact) mass is 127 g/mol. The van der Waals surface area contributed by atoms with Crippen LogP contribution in [0.3, 0.4) is 0 Å². The third-order valence-corrected chi connectivity index (χ3v) is 1.85. The molecule has 0 spiro atoms. The maximum absolute atomic E-state index is 2.37. The summed E-state index contributed by atoms with van der Waals surface area (Å²) < 4.78 is 0. The third-order valence-electron chi connectivity index (χ3n) is 1.85. The quantitative estimate of drug-likeness (QED) is 0.496. The second-order valence-corrected chi connectivity index (χ2v) is 2.79. The van der Waals surface area contributed by atoms with Gasteiger partial charge in [0.05, 0.1) is 0 Å². The molecule has 0 heteroatoms. The van der Waals surface area contributed by atoms with Gasteiger partial charge >= 0.3 is 0 Å². The van der Waals surface area contributed by atoms with Crippen LogP contribution in [-0.2, 0) is 0 Å². The smallest absolute Gasteiger partial charge is 0.0388 e. The molecular weight excluding hydrogens is 108 g/mol. The first kappa shape index (κ1) is 9.00. The Morgan fingerprint density at radius 3 is 2.44 bits per heavy atom. The molecule has 1 unspecified atom stereocenters. The maximum atomic E-state index is 2.37. The zero-order chi connectivity index (χ0) is 7.11. The highest BCUT2D eigenvalue weighted by molar-refractivity contribution is 4.63. The second kappa shape index (κ2) is 6.12. The van der Waals surface area contributed by atoms with E-state index in [1.54, 1.807) is 0 Å². The summed E-state index contributed by atoms with van der Waals surface area (Å²) in [6.07, 6.45) is 7.62. The van der Waals surface area contributed by atoms with E-state index in [0.29, 0.717) is 0 Å². The number of hydrogen-bond donors (Lipinski definition) is 0. The summed E-state index contributed by atoms with van der Waals surface area (Å²) in [5.41, 5.74) is 0. The van der Waals surface area contributed by atoms with Crippen LogP contribution < -0.4 is 0 Å². The lowest BCUT2D eigenvalue weighted by Crippen LogP contribution is -1.90. The normalized spacial score (nSPS) is 13.7. The number of rotatable bonds is 5. The predicted octanol–water partition coefficient (Wildman–Crippen LogP) is 3.43. The summed E-state index contributed by atoms with van der Waals surface area (Å²) in [5, 5.41) is 0. The summed E-state index contributed by atoms with van der Waals surface area (Å²) in [5.74, 6) is 0.924. The fourth-order valence-corrected chi connectivity index (χ4v) is 0.811. The minimum Gasteiger partial charge on any atom is -0.0651 e. The molecule has 0 aliphatic rings. The van der Waals surface area contributed by atoms with E-state index in [1.807, 2.05) is 0 Å². The molecule has 0 bridgehead atoms. The Kier molecular flexibility index (Phi) is 6.12. The van der Waals surface area contributed by atoms with E-state index in [9.17, 15) is 0 Å². The maximum Gasteiger partial charge on any atom is -0.0388 e. The molecule has 0 aromatic rings. The molecule has 0 fully saturated rings. The van der Waals surface area contributed by atoms with E-state index >= 15 is 0 Å². The van der Waals surface area contributed by atoms with Crippen molar-refractivity contribution in [3.63, 3.8) is 0 Å². The van der Waals surface area contributed by atoms with Gasteiger partial charge in [-0.05, 0) is 18.8 Å². The van der Waals surface area contributed by atoms with Crippen molar-refractivity contribution in [2.45, 2.75) is 46.5 Å². The Morgan fingerprint density at radius 2 is 2.00 bits per heavy atom. The Bertz CT molecular complexity index is 48.0. The van der Waals surface area contributed by atoms with E-state index in [1.165, 1.54) is 25.7 Å². The highest BCUT2D eigenvalue weighted by Gasteiger charge is 1.95. The van der Waals surface area contributed by atoms with Gasteiger partial charge in [-0.1, -0.05) is 40.0 Å². The van der Waals surface area contributed by atoms with Gasteiger partial charge in [0.1, 0.15) is 0 Å². The van der Waals surface area contributed by atoms with Gasteiger partial charge < -0.3 is 0 Å². The summed E-state index contributed by atoms with van der Waals surface area (Å²) in [7, 11) is 0. The molecular formula is C9H19. The van der Waals surface area contributed by atoms with Crippen LogP contribution in [0.5, 0.6) is 0 Å². The standard InChI is InChI=1S/C9H19/c1-4-6-7-8-9(3)5-2/h6,9H,4-5,7-8H2,1-3H3. The second-order valence-electron chi connectivity index (χ2n) is 2.79. The Balaban J connectivity index is 2.88. The zero-order valence-electron chi connectivity index (χ0n) is 6.98. The van der Waals surface area contributed by atoms with E-state index in [4.69, 9.17) is 0 Å². The van der Waals surface area contributed by atoms with Crippen molar-refractivity contribution in [3.8, 4) is 0 Å². The average molecular weight is 127 g/mol. The van der Waals surface area contributed by atoms with Gasteiger partial charge in [-0.25, -0.2) is 0 Å². The van der Waals surface area contributed by atoms with E-state index in [-0.39, 0.29) is 0 Å². The van der Waals surface area contributed by atoms with Crippen LogP contribution in [0.1, 0.15) is 46.5 Å². The van der Waals surface area contributed by atoms with Gasteiger partial charge in [0.15, 0.2) is 0 Å². The van der Waals surface area contributed by atoms with Gasteiger partial charge in [0.25, 0.3) is 0 Å². The largest absolute Gasteiger partial charge is 0.0651 e. The van der Waals surface area contributed by atoms with Gasteiger partial charge in [-0.3, -0.25) is 0 Å².